The lowest BCUT2D eigenvalue weighted by Crippen LogP contribution is -3.27. The minimum absolute atomic E-state index is 0.697. The second-order valence-corrected chi connectivity index (χ2v) is 8.20. The van der Waals surface area contributed by atoms with Gasteiger partial charge in [0.2, 0.25) is 0 Å². The van der Waals surface area contributed by atoms with Crippen molar-refractivity contribution in [1.82, 2.24) is 0 Å². The summed E-state index contributed by atoms with van der Waals surface area (Å²) in [6, 6.07) is 10.3. The molecule has 29 heavy (non-hydrogen) atoms. The quantitative estimate of drug-likeness (QED) is 0.608. The Bertz CT molecular complexity index is 823. The van der Waals surface area contributed by atoms with Gasteiger partial charge < -0.3 is 28.7 Å². The molecule has 0 aliphatic carbocycles. The fourth-order valence-corrected chi connectivity index (χ4v) is 4.51. The minimum Gasteiger partial charge on any atom is -0.496 e. The minimum atomic E-state index is 0.697. The molecule has 3 rings (SSSR count). The fraction of sp³-hybridized carbons (Fsp3) is 0.455. The molecule has 0 unspecified atom stereocenters. The number of piperazine rings is 1. The molecule has 1 fully saturated rings. The Hall–Kier alpha value is -1.96. The molecule has 1 heterocycles. The number of ether oxygens (including phenoxy) is 4. The maximum Gasteiger partial charge on any atom is 0.164 e. The maximum absolute atomic E-state index is 5.59. The Morgan fingerprint density at radius 1 is 0.690 bits per heavy atom. The zero-order valence-corrected chi connectivity index (χ0v) is 19.2. The lowest BCUT2D eigenvalue weighted by atomic mass is 10.1. The van der Waals surface area contributed by atoms with Crippen LogP contribution in [-0.4, -0.2) is 54.6 Å². The number of benzene rings is 2. The first-order chi connectivity index (χ1) is 14.1. The van der Waals surface area contributed by atoms with E-state index in [0.29, 0.717) is 5.75 Å². The molecule has 2 N–H and O–H groups in total. The third kappa shape index (κ3) is 5.35. The Kier molecular flexibility index (Phi) is 7.64. The van der Waals surface area contributed by atoms with E-state index in [4.69, 9.17) is 18.9 Å². The molecule has 2 aromatic carbocycles. The number of methoxy groups -OCH3 is 4. The number of quaternary nitrogens is 2. The van der Waals surface area contributed by atoms with Gasteiger partial charge in [-0.05, 0) is 40.2 Å². The summed E-state index contributed by atoms with van der Waals surface area (Å²) >= 11 is 3.58. The van der Waals surface area contributed by atoms with Crippen LogP contribution in [0.1, 0.15) is 11.1 Å². The van der Waals surface area contributed by atoms with Gasteiger partial charge in [-0.3, -0.25) is 0 Å². The van der Waals surface area contributed by atoms with E-state index in [1.54, 1.807) is 38.2 Å². The van der Waals surface area contributed by atoms with Crippen LogP contribution in [0.15, 0.2) is 34.8 Å². The van der Waals surface area contributed by atoms with Crippen LogP contribution in [0.2, 0.25) is 0 Å². The Morgan fingerprint density at radius 3 is 1.79 bits per heavy atom. The zero-order chi connectivity index (χ0) is 20.8. The second kappa shape index (κ2) is 10.2. The third-order valence-corrected chi connectivity index (χ3v) is 6.18. The molecule has 1 saturated heterocycles. The largest absolute Gasteiger partial charge is 0.496 e. The predicted octanol–water partition coefficient (Wildman–Crippen LogP) is 0.967. The van der Waals surface area contributed by atoms with Crippen molar-refractivity contribution in [3.63, 3.8) is 0 Å². The van der Waals surface area contributed by atoms with E-state index in [9.17, 15) is 0 Å². The van der Waals surface area contributed by atoms with Crippen molar-refractivity contribution in [3.8, 4) is 23.0 Å². The average molecular weight is 467 g/mol. The van der Waals surface area contributed by atoms with Crippen molar-refractivity contribution in [2.24, 2.45) is 0 Å². The van der Waals surface area contributed by atoms with Crippen molar-refractivity contribution >= 4 is 15.9 Å². The molecular weight excluding hydrogens is 436 g/mol. The first-order valence-electron chi connectivity index (χ1n) is 9.86. The first-order valence-corrected chi connectivity index (χ1v) is 10.7. The van der Waals surface area contributed by atoms with Gasteiger partial charge in [-0.2, -0.15) is 0 Å². The summed E-state index contributed by atoms with van der Waals surface area (Å²) in [6.07, 6.45) is 0. The Balaban J connectivity index is 1.59. The van der Waals surface area contributed by atoms with Crippen LogP contribution in [0.25, 0.3) is 0 Å². The molecule has 0 aromatic heterocycles. The molecule has 6 nitrogen and oxygen atoms in total. The van der Waals surface area contributed by atoms with Crippen LogP contribution in [-0.2, 0) is 13.1 Å². The van der Waals surface area contributed by atoms with Gasteiger partial charge in [0.05, 0.1) is 38.5 Å². The fourth-order valence-electron chi connectivity index (χ4n) is 3.92. The van der Waals surface area contributed by atoms with Gasteiger partial charge in [0.15, 0.2) is 11.5 Å². The molecule has 1 aliphatic rings. The molecule has 7 heteroatoms. The predicted molar refractivity (Wildman–Crippen MR) is 116 cm³/mol. The van der Waals surface area contributed by atoms with E-state index in [1.807, 2.05) is 18.2 Å². The smallest absolute Gasteiger partial charge is 0.164 e. The van der Waals surface area contributed by atoms with Crippen molar-refractivity contribution in [3.05, 3.63) is 45.9 Å². The first kappa shape index (κ1) is 21.7. The van der Waals surface area contributed by atoms with Crippen LogP contribution in [0.5, 0.6) is 23.0 Å². The molecule has 0 radical (unpaired) electrons. The number of hydrogen-bond donors (Lipinski definition) is 2. The van der Waals surface area contributed by atoms with Gasteiger partial charge in [-0.1, -0.05) is 0 Å². The number of hydrogen-bond acceptors (Lipinski definition) is 4. The molecule has 2 aromatic rings. The van der Waals surface area contributed by atoms with Gasteiger partial charge in [0.25, 0.3) is 0 Å². The van der Waals surface area contributed by atoms with Crippen molar-refractivity contribution < 1.29 is 28.7 Å². The van der Waals surface area contributed by atoms with Crippen LogP contribution < -0.4 is 28.7 Å². The maximum atomic E-state index is 5.59. The number of rotatable bonds is 8. The van der Waals surface area contributed by atoms with E-state index < -0.39 is 0 Å². The van der Waals surface area contributed by atoms with E-state index in [2.05, 4.69) is 28.1 Å². The molecule has 0 atom stereocenters. The third-order valence-electron chi connectivity index (χ3n) is 5.56. The van der Waals surface area contributed by atoms with Gasteiger partial charge in [0.1, 0.15) is 50.8 Å². The summed E-state index contributed by atoms with van der Waals surface area (Å²) in [5.41, 5.74) is 2.49. The Morgan fingerprint density at radius 2 is 1.24 bits per heavy atom. The molecular formula is C22H31BrN2O4+2. The van der Waals surface area contributed by atoms with Gasteiger partial charge in [-0.25, -0.2) is 0 Å². The number of halogens is 1. The zero-order valence-electron chi connectivity index (χ0n) is 17.6. The monoisotopic (exact) mass is 466 g/mol. The SMILES string of the molecule is COc1ccc(C[NH+]2CC[NH+](Cc3cc(OC)c(OC)cc3OC)CC2)cc1Br. The highest BCUT2D eigenvalue weighted by atomic mass is 79.9. The molecule has 0 bridgehead atoms. The summed E-state index contributed by atoms with van der Waals surface area (Å²) in [5.74, 6) is 3.18. The average Bonchev–Trinajstić information content (AvgIpc) is 2.75. The van der Waals surface area contributed by atoms with E-state index in [1.165, 1.54) is 5.56 Å². The van der Waals surface area contributed by atoms with Crippen LogP contribution in [0.3, 0.4) is 0 Å². The van der Waals surface area contributed by atoms with Crippen LogP contribution in [0.4, 0.5) is 0 Å². The lowest BCUT2D eigenvalue weighted by molar-refractivity contribution is -1.02. The number of nitrogens with one attached hydrogen (secondary N) is 2. The van der Waals surface area contributed by atoms with E-state index in [-0.39, 0.29) is 0 Å². The normalized spacial score (nSPS) is 18.9. The summed E-state index contributed by atoms with van der Waals surface area (Å²) in [5, 5.41) is 0. The van der Waals surface area contributed by atoms with Gasteiger partial charge in [0, 0.05) is 11.6 Å². The van der Waals surface area contributed by atoms with Crippen LogP contribution >= 0.6 is 15.9 Å². The van der Waals surface area contributed by atoms with Crippen LogP contribution in [0, 0.1) is 0 Å². The molecule has 158 valence electrons. The summed E-state index contributed by atoms with van der Waals surface area (Å²) < 4.78 is 22.8. The van der Waals surface area contributed by atoms with E-state index in [0.717, 1.165) is 66.6 Å². The highest BCUT2D eigenvalue weighted by Crippen LogP contribution is 2.34. The lowest BCUT2D eigenvalue weighted by Gasteiger charge is -2.30. The summed E-state index contributed by atoms with van der Waals surface area (Å²) in [4.78, 5) is 3.18. The molecule has 1 aliphatic heterocycles. The highest BCUT2D eigenvalue weighted by molar-refractivity contribution is 9.10. The van der Waals surface area contributed by atoms with Crippen molar-refractivity contribution in [2.75, 3.05) is 54.6 Å². The molecule has 0 spiro atoms. The van der Waals surface area contributed by atoms with Gasteiger partial charge >= 0.3 is 0 Å². The topological polar surface area (TPSA) is 45.8 Å². The van der Waals surface area contributed by atoms with Crippen molar-refractivity contribution in [2.45, 2.75) is 13.1 Å². The summed E-state index contributed by atoms with van der Waals surface area (Å²) in [7, 11) is 6.71. The van der Waals surface area contributed by atoms with E-state index >= 15 is 0 Å². The van der Waals surface area contributed by atoms with Gasteiger partial charge in [-0.15, -0.1) is 0 Å². The highest BCUT2D eigenvalue weighted by Gasteiger charge is 2.25. The van der Waals surface area contributed by atoms with Crippen molar-refractivity contribution in [1.29, 1.82) is 0 Å². The molecule has 0 saturated carbocycles. The standard InChI is InChI=1S/C22H29BrN2O4/c1-26-19-6-5-16(11-18(19)23)14-24-7-9-25(10-8-24)15-17-12-21(28-3)22(29-4)13-20(17)27-2/h5-6,11-13H,7-10,14-15H2,1-4H3/p+2. The Labute approximate surface area is 181 Å². The second-order valence-electron chi connectivity index (χ2n) is 7.34. The summed E-state index contributed by atoms with van der Waals surface area (Å²) in [6.45, 7) is 6.51. The molecule has 0 amide bonds.